The molecule has 1 aromatic carbocycles. The molecule has 1 N–H and O–H groups in total. The van der Waals surface area contributed by atoms with Gasteiger partial charge in [-0.15, -0.1) is 3.89 Å². The van der Waals surface area contributed by atoms with Gasteiger partial charge >= 0.3 is 16.4 Å². The van der Waals surface area contributed by atoms with E-state index >= 15 is 0 Å². The monoisotopic (exact) mass is 607 g/mol. The van der Waals surface area contributed by atoms with Gasteiger partial charge < -0.3 is 10.1 Å². The van der Waals surface area contributed by atoms with Crippen molar-refractivity contribution in [2.24, 2.45) is 5.10 Å². The number of carbonyl (C=O) groups excluding carboxylic acids is 2. The van der Waals surface area contributed by atoms with Crippen LogP contribution in [0.1, 0.15) is 114 Å². The van der Waals surface area contributed by atoms with Gasteiger partial charge in [0, 0.05) is 0 Å². The molecule has 0 radical (unpaired) electrons. The molecule has 41 heavy (non-hydrogen) atoms. The van der Waals surface area contributed by atoms with E-state index < -0.39 is 46.1 Å². The highest BCUT2D eigenvalue weighted by Gasteiger charge is 2.36. The van der Waals surface area contributed by atoms with Gasteiger partial charge in [-0.25, -0.2) is 5.01 Å². The number of hydrogen-bond donors (Lipinski definition) is 1. The maximum atomic E-state index is 13.6. The second-order valence-electron chi connectivity index (χ2n) is 10.3. The van der Waals surface area contributed by atoms with Gasteiger partial charge in [0.2, 0.25) is 0 Å². The van der Waals surface area contributed by atoms with Gasteiger partial charge in [0.1, 0.15) is 18.1 Å². The highest BCUT2D eigenvalue weighted by atomic mass is 32.3. The van der Waals surface area contributed by atoms with Crippen LogP contribution in [0.2, 0.25) is 0 Å². The molecule has 8 nitrogen and oxygen atoms in total. The molecule has 1 aromatic rings. The predicted molar refractivity (Wildman–Crippen MR) is 148 cm³/mol. The molecule has 0 saturated heterocycles. The molecule has 0 fully saturated rings. The second kappa shape index (κ2) is 17.3. The van der Waals surface area contributed by atoms with Crippen LogP contribution in [0.5, 0.6) is 5.75 Å². The van der Waals surface area contributed by atoms with E-state index in [4.69, 9.17) is 4.74 Å². The Kier molecular flexibility index (Phi) is 14.6. The molecule has 2 amide bonds. The number of hydrogen-bond acceptors (Lipinski definition) is 6. The third kappa shape index (κ3) is 13.7. The molecule has 2 rings (SSSR count). The summed E-state index contributed by atoms with van der Waals surface area (Å²) < 4.78 is 79.8. The van der Waals surface area contributed by atoms with Crippen molar-refractivity contribution in [3.05, 3.63) is 23.8 Å². The number of ether oxygens (including phenoxy) is 1. The first-order chi connectivity index (χ1) is 19.4. The summed E-state index contributed by atoms with van der Waals surface area (Å²) in [6, 6.07) is 2.87. The largest absolute Gasteiger partial charge is 0.493 e. The van der Waals surface area contributed by atoms with E-state index in [0.717, 1.165) is 37.5 Å². The minimum absolute atomic E-state index is 0.0262. The summed E-state index contributed by atoms with van der Waals surface area (Å²) in [5, 5.41) is 5.87. The van der Waals surface area contributed by atoms with Crippen LogP contribution in [0.25, 0.3) is 0 Å². The molecule has 1 heterocycles. The van der Waals surface area contributed by atoms with Crippen LogP contribution in [0.4, 0.5) is 17.1 Å². The summed E-state index contributed by atoms with van der Waals surface area (Å²) in [6.45, 7) is 0.824. The van der Waals surface area contributed by atoms with Crippen LogP contribution in [0, 0.1) is 0 Å². The van der Waals surface area contributed by atoms with Crippen LogP contribution in [-0.2, 0) is 15.0 Å². The van der Waals surface area contributed by atoms with Crippen molar-refractivity contribution in [1.29, 1.82) is 0 Å². The minimum Gasteiger partial charge on any atom is -0.493 e. The molecule has 232 valence electrons. The average molecular weight is 608 g/mol. The first kappa shape index (κ1) is 34.5. The number of hydrazone groups is 1. The molecule has 0 spiro atoms. The van der Waals surface area contributed by atoms with Crippen molar-refractivity contribution in [3.8, 4) is 5.75 Å². The second-order valence-corrected chi connectivity index (χ2v) is 11.6. The maximum absolute atomic E-state index is 13.6. The number of carbonyl (C=O) groups is 2. The minimum atomic E-state index is -5.14. The third-order valence-corrected chi connectivity index (χ3v) is 7.48. The first-order valence-electron chi connectivity index (χ1n) is 14.4. The lowest BCUT2D eigenvalue weighted by Crippen LogP contribution is -2.32. The normalized spacial score (nSPS) is 13.9. The zero-order valence-corrected chi connectivity index (χ0v) is 24.4. The standard InChI is InChI=1S/C28H41F4N3O5S/c1-2-3-4-5-6-7-8-9-10-11-12-13-14-15-18-40-24-17-16-22(41(32,38)39)19-23(24)27(37)33-25-20-26(36)35(34-25)21-28(29,30)31/h16-17,19H,2-15,18,20-21H2,1H3,(H,33,34,37). The molecule has 13 heteroatoms. The smallest absolute Gasteiger partial charge is 0.408 e. The highest BCUT2D eigenvalue weighted by Crippen LogP contribution is 2.25. The fourth-order valence-corrected chi connectivity index (χ4v) is 4.96. The number of amidine groups is 1. The Labute approximate surface area is 240 Å². The number of nitrogens with one attached hydrogen (secondary N) is 1. The summed E-state index contributed by atoms with van der Waals surface area (Å²) in [5.74, 6) is -2.34. The van der Waals surface area contributed by atoms with Crippen LogP contribution >= 0.6 is 0 Å². The van der Waals surface area contributed by atoms with E-state index in [1.165, 1.54) is 64.2 Å². The predicted octanol–water partition coefficient (Wildman–Crippen LogP) is 7.04. The van der Waals surface area contributed by atoms with Gasteiger partial charge in [-0.3, -0.25) is 9.59 Å². The Balaban J connectivity index is 1.79. The van der Waals surface area contributed by atoms with E-state index in [1.54, 1.807) is 0 Å². The summed E-state index contributed by atoms with van der Waals surface area (Å²) in [7, 11) is -5.14. The molecule has 1 aliphatic heterocycles. The van der Waals surface area contributed by atoms with Crippen molar-refractivity contribution in [2.45, 2.75) is 114 Å². The van der Waals surface area contributed by atoms with Crippen molar-refractivity contribution in [3.63, 3.8) is 0 Å². The van der Waals surface area contributed by atoms with Crippen LogP contribution < -0.4 is 10.1 Å². The third-order valence-electron chi connectivity index (χ3n) is 6.67. The number of benzene rings is 1. The lowest BCUT2D eigenvalue weighted by Gasteiger charge is -2.13. The fourth-order valence-electron chi connectivity index (χ4n) is 4.48. The first-order valence-corrected chi connectivity index (χ1v) is 15.8. The van der Waals surface area contributed by atoms with Crippen molar-refractivity contribution >= 4 is 27.9 Å². The maximum Gasteiger partial charge on any atom is 0.408 e. The van der Waals surface area contributed by atoms with Gasteiger partial charge in [-0.2, -0.15) is 26.7 Å². The number of alkyl halides is 3. The van der Waals surface area contributed by atoms with Crippen molar-refractivity contribution in [1.82, 2.24) is 10.3 Å². The lowest BCUT2D eigenvalue weighted by molar-refractivity contribution is -0.159. The van der Waals surface area contributed by atoms with Gasteiger partial charge in [-0.1, -0.05) is 90.4 Å². The Hall–Kier alpha value is -2.70. The quantitative estimate of drug-likeness (QED) is 0.103. The van der Waals surface area contributed by atoms with E-state index in [2.05, 4.69) is 17.3 Å². The Morgan fingerprint density at radius 1 is 0.951 bits per heavy atom. The fraction of sp³-hybridized carbons (Fsp3) is 0.679. The number of unbranched alkanes of at least 4 members (excludes halogenated alkanes) is 13. The van der Waals surface area contributed by atoms with Crippen LogP contribution in [0.15, 0.2) is 28.2 Å². The Morgan fingerprint density at radius 3 is 2.00 bits per heavy atom. The van der Waals surface area contributed by atoms with Crippen LogP contribution in [-0.4, -0.2) is 50.4 Å². The lowest BCUT2D eigenvalue weighted by atomic mass is 10.0. The van der Waals surface area contributed by atoms with Gasteiger partial charge in [0.25, 0.3) is 11.8 Å². The van der Waals surface area contributed by atoms with E-state index in [-0.39, 0.29) is 28.8 Å². The molecule has 0 saturated carbocycles. The summed E-state index contributed by atoms with van der Waals surface area (Å²) in [4.78, 5) is 23.8. The molecular weight excluding hydrogens is 566 g/mol. The summed E-state index contributed by atoms with van der Waals surface area (Å²) in [5.41, 5.74) is -0.349. The van der Waals surface area contributed by atoms with Gasteiger partial charge in [-0.05, 0) is 24.6 Å². The van der Waals surface area contributed by atoms with Gasteiger partial charge in [0.15, 0.2) is 0 Å². The number of nitrogens with zero attached hydrogens (tertiary/aromatic N) is 2. The highest BCUT2D eigenvalue weighted by molar-refractivity contribution is 7.86. The molecule has 0 unspecified atom stereocenters. The topological polar surface area (TPSA) is 105 Å². The molecular formula is C28H41F4N3O5S. The van der Waals surface area contributed by atoms with Crippen LogP contribution in [0.3, 0.4) is 0 Å². The number of halogens is 4. The molecule has 0 aliphatic carbocycles. The van der Waals surface area contributed by atoms with Crippen molar-refractivity contribution < 1.29 is 39.8 Å². The Bertz CT molecular complexity index is 1130. The summed E-state index contributed by atoms with van der Waals surface area (Å²) >= 11 is 0. The average Bonchev–Trinajstić information content (AvgIpc) is 3.22. The van der Waals surface area contributed by atoms with Crippen molar-refractivity contribution in [2.75, 3.05) is 13.2 Å². The molecule has 0 atom stereocenters. The SMILES string of the molecule is CCCCCCCCCCCCCCCCOc1ccc(S(=O)(=O)F)cc1C(=O)NC1=NN(CC(F)(F)F)C(=O)C1. The number of amides is 2. The van der Waals surface area contributed by atoms with Gasteiger partial charge in [0.05, 0.1) is 23.5 Å². The van der Waals surface area contributed by atoms with E-state index in [0.29, 0.717) is 6.42 Å². The van der Waals surface area contributed by atoms with E-state index in [9.17, 15) is 35.1 Å². The summed E-state index contributed by atoms with van der Waals surface area (Å²) in [6.07, 6.45) is 11.3. The molecule has 0 bridgehead atoms. The zero-order chi connectivity index (χ0) is 30.3. The van der Waals surface area contributed by atoms with E-state index in [1.807, 2.05) is 0 Å². The number of rotatable bonds is 19. The molecule has 1 aliphatic rings. The zero-order valence-electron chi connectivity index (χ0n) is 23.6. The molecule has 0 aromatic heterocycles. The Morgan fingerprint density at radius 2 is 1.49 bits per heavy atom.